The largest absolute Gasteiger partial charge is 0.491 e. The molecule has 6 heteroatoms. The standard InChI is InChI=1S/C18H18N2O3S/c1-14(2)23-16-10-8-15(9-11-16)18-19-12-13-20(18)24(21,22)17-6-4-3-5-7-17/h3-14H,1-2H3. The lowest BCUT2D eigenvalue weighted by molar-refractivity contribution is 0.242. The predicted molar refractivity (Wildman–Crippen MR) is 92.5 cm³/mol. The van der Waals surface area contributed by atoms with Crippen molar-refractivity contribution in [1.29, 1.82) is 0 Å². The first-order valence-electron chi connectivity index (χ1n) is 7.59. The maximum atomic E-state index is 12.8. The second-order valence-electron chi connectivity index (χ2n) is 5.56. The average Bonchev–Trinajstić information content (AvgIpc) is 3.06. The van der Waals surface area contributed by atoms with Crippen molar-refractivity contribution in [2.45, 2.75) is 24.8 Å². The summed E-state index contributed by atoms with van der Waals surface area (Å²) in [5, 5.41) is 0. The highest BCUT2D eigenvalue weighted by Crippen LogP contribution is 2.25. The minimum atomic E-state index is -3.68. The van der Waals surface area contributed by atoms with Crippen LogP contribution < -0.4 is 4.74 Å². The number of ether oxygens (including phenoxy) is 1. The molecule has 0 bridgehead atoms. The molecule has 24 heavy (non-hydrogen) atoms. The molecular formula is C18H18N2O3S. The van der Waals surface area contributed by atoms with E-state index in [1.807, 2.05) is 26.0 Å². The molecule has 3 aromatic rings. The Morgan fingerprint density at radius 2 is 1.67 bits per heavy atom. The van der Waals surface area contributed by atoms with E-state index in [0.717, 1.165) is 5.75 Å². The van der Waals surface area contributed by atoms with E-state index in [9.17, 15) is 8.42 Å². The topological polar surface area (TPSA) is 61.2 Å². The number of nitrogens with zero attached hydrogens (tertiary/aromatic N) is 2. The minimum Gasteiger partial charge on any atom is -0.491 e. The first-order chi connectivity index (χ1) is 11.5. The molecule has 0 fully saturated rings. The molecule has 0 saturated heterocycles. The number of hydrogen-bond donors (Lipinski definition) is 0. The molecule has 1 heterocycles. The molecule has 0 radical (unpaired) electrons. The summed E-state index contributed by atoms with van der Waals surface area (Å²) in [6, 6.07) is 15.5. The summed E-state index contributed by atoms with van der Waals surface area (Å²) < 4.78 is 32.4. The Kier molecular flexibility index (Phi) is 4.40. The fourth-order valence-corrected chi connectivity index (χ4v) is 3.67. The molecule has 0 unspecified atom stereocenters. The van der Waals surface area contributed by atoms with Crippen LogP contribution in [0.2, 0.25) is 0 Å². The van der Waals surface area contributed by atoms with Gasteiger partial charge in [-0.15, -0.1) is 0 Å². The van der Waals surface area contributed by atoms with Gasteiger partial charge in [-0.1, -0.05) is 18.2 Å². The molecule has 0 amide bonds. The molecule has 2 aromatic carbocycles. The minimum absolute atomic E-state index is 0.0799. The van der Waals surface area contributed by atoms with Crippen molar-refractivity contribution >= 4 is 10.0 Å². The summed E-state index contributed by atoms with van der Waals surface area (Å²) in [5.41, 5.74) is 0.704. The van der Waals surface area contributed by atoms with Gasteiger partial charge in [-0.25, -0.2) is 17.4 Å². The van der Waals surface area contributed by atoms with Crippen LogP contribution in [-0.4, -0.2) is 23.5 Å². The monoisotopic (exact) mass is 342 g/mol. The van der Waals surface area contributed by atoms with Crippen LogP contribution in [0.5, 0.6) is 5.75 Å². The van der Waals surface area contributed by atoms with Crippen molar-refractivity contribution in [3.8, 4) is 17.1 Å². The Hall–Kier alpha value is -2.60. The zero-order valence-corrected chi connectivity index (χ0v) is 14.3. The van der Waals surface area contributed by atoms with Crippen molar-refractivity contribution in [1.82, 2.24) is 8.96 Å². The van der Waals surface area contributed by atoms with Crippen LogP contribution in [-0.2, 0) is 10.0 Å². The summed E-state index contributed by atoms with van der Waals surface area (Å²) in [7, 11) is -3.68. The fourth-order valence-electron chi connectivity index (χ4n) is 2.35. The second-order valence-corrected chi connectivity index (χ2v) is 7.37. The van der Waals surface area contributed by atoms with Gasteiger partial charge in [0.25, 0.3) is 10.0 Å². The van der Waals surface area contributed by atoms with Crippen LogP contribution in [0.3, 0.4) is 0 Å². The smallest absolute Gasteiger partial charge is 0.269 e. The van der Waals surface area contributed by atoms with Crippen LogP contribution in [0.1, 0.15) is 13.8 Å². The Morgan fingerprint density at radius 1 is 1.00 bits per heavy atom. The molecular weight excluding hydrogens is 324 g/mol. The molecule has 0 aliphatic rings. The van der Waals surface area contributed by atoms with E-state index < -0.39 is 10.0 Å². The van der Waals surface area contributed by atoms with Crippen LogP contribution in [0.25, 0.3) is 11.4 Å². The number of benzene rings is 2. The van der Waals surface area contributed by atoms with E-state index in [1.54, 1.807) is 42.5 Å². The maximum absolute atomic E-state index is 12.8. The lowest BCUT2D eigenvalue weighted by atomic mass is 10.2. The zero-order chi connectivity index (χ0) is 17.2. The highest BCUT2D eigenvalue weighted by atomic mass is 32.2. The van der Waals surface area contributed by atoms with Gasteiger partial charge in [0.1, 0.15) is 5.75 Å². The predicted octanol–water partition coefficient (Wildman–Crippen LogP) is 3.57. The quantitative estimate of drug-likeness (QED) is 0.711. The molecule has 5 nitrogen and oxygen atoms in total. The van der Waals surface area contributed by atoms with Crippen molar-refractivity contribution in [3.63, 3.8) is 0 Å². The highest BCUT2D eigenvalue weighted by Gasteiger charge is 2.20. The molecule has 0 spiro atoms. The van der Waals surface area contributed by atoms with Gasteiger partial charge < -0.3 is 4.74 Å². The zero-order valence-electron chi connectivity index (χ0n) is 13.5. The van der Waals surface area contributed by atoms with Gasteiger partial charge in [-0.05, 0) is 50.2 Å². The molecule has 0 aliphatic carbocycles. The average molecular weight is 342 g/mol. The molecule has 0 aliphatic heterocycles. The van der Waals surface area contributed by atoms with E-state index >= 15 is 0 Å². The molecule has 1 aromatic heterocycles. The molecule has 3 rings (SSSR count). The van der Waals surface area contributed by atoms with Crippen molar-refractivity contribution in [2.75, 3.05) is 0 Å². The Balaban J connectivity index is 1.99. The number of aromatic nitrogens is 2. The normalized spacial score (nSPS) is 11.6. The van der Waals surface area contributed by atoms with Gasteiger partial charge >= 0.3 is 0 Å². The van der Waals surface area contributed by atoms with Gasteiger partial charge in [0.2, 0.25) is 0 Å². The SMILES string of the molecule is CC(C)Oc1ccc(-c2nccn2S(=O)(=O)c2ccccc2)cc1. The van der Waals surface area contributed by atoms with Crippen LogP contribution in [0.4, 0.5) is 0 Å². The summed E-state index contributed by atoms with van der Waals surface area (Å²) in [6.45, 7) is 3.90. The van der Waals surface area contributed by atoms with Gasteiger partial charge in [-0.3, -0.25) is 0 Å². The van der Waals surface area contributed by atoms with Crippen molar-refractivity contribution < 1.29 is 13.2 Å². The van der Waals surface area contributed by atoms with E-state index in [2.05, 4.69) is 4.98 Å². The van der Waals surface area contributed by atoms with Crippen molar-refractivity contribution in [3.05, 3.63) is 67.0 Å². The van der Waals surface area contributed by atoms with Crippen molar-refractivity contribution in [2.24, 2.45) is 0 Å². The third kappa shape index (κ3) is 3.19. The van der Waals surface area contributed by atoms with E-state index in [4.69, 9.17) is 4.74 Å². The Labute approximate surface area is 141 Å². The van der Waals surface area contributed by atoms with Gasteiger partial charge in [0, 0.05) is 18.0 Å². The lowest BCUT2D eigenvalue weighted by Gasteiger charge is -2.11. The second kappa shape index (κ2) is 6.49. The van der Waals surface area contributed by atoms with Crippen LogP contribution in [0.15, 0.2) is 71.9 Å². The molecule has 124 valence electrons. The van der Waals surface area contributed by atoms with Gasteiger partial charge in [0.05, 0.1) is 11.0 Å². The van der Waals surface area contributed by atoms with E-state index in [1.165, 1.54) is 16.4 Å². The van der Waals surface area contributed by atoms with Gasteiger partial charge in [0.15, 0.2) is 5.82 Å². The number of rotatable bonds is 5. The number of hydrogen-bond acceptors (Lipinski definition) is 4. The van der Waals surface area contributed by atoms with Crippen LogP contribution >= 0.6 is 0 Å². The summed E-state index contributed by atoms with van der Waals surface area (Å²) in [4.78, 5) is 4.44. The fraction of sp³-hybridized carbons (Fsp3) is 0.167. The Morgan fingerprint density at radius 3 is 2.29 bits per heavy atom. The highest BCUT2D eigenvalue weighted by molar-refractivity contribution is 7.90. The summed E-state index contributed by atoms with van der Waals surface area (Å²) >= 11 is 0. The molecule has 0 saturated carbocycles. The van der Waals surface area contributed by atoms with Crippen LogP contribution in [0, 0.1) is 0 Å². The van der Waals surface area contributed by atoms with E-state index in [0.29, 0.717) is 11.4 Å². The first kappa shape index (κ1) is 16.3. The van der Waals surface area contributed by atoms with E-state index in [-0.39, 0.29) is 11.0 Å². The maximum Gasteiger partial charge on any atom is 0.269 e. The summed E-state index contributed by atoms with van der Waals surface area (Å²) in [6.07, 6.45) is 3.01. The van der Waals surface area contributed by atoms with Gasteiger partial charge in [-0.2, -0.15) is 0 Å². The number of imidazole rings is 1. The first-order valence-corrected chi connectivity index (χ1v) is 9.03. The third-order valence-corrected chi connectivity index (χ3v) is 5.07. The summed E-state index contributed by atoms with van der Waals surface area (Å²) in [5.74, 6) is 1.10. The third-order valence-electron chi connectivity index (χ3n) is 3.39. The molecule has 0 atom stereocenters. The lowest BCUT2D eigenvalue weighted by Crippen LogP contribution is -2.13. The Bertz CT molecular complexity index is 914. The molecule has 0 N–H and O–H groups in total.